The summed E-state index contributed by atoms with van der Waals surface area (Å²) in [7, 11) is 1.30. The number of phenolic OH excluding ortho intramolecular Hbond substituents is 1. The van der Waals surface area contributed by atoms with Crippen LogP contribution in [0.3, 0.4) is 0 Å². The van der Waals surface area contributed by atoms with E-state index in [4.69, 9.17) is 9.47 Å². The molecule has 8 nitrogen and oxygen atoms in total. The molecule has 118 valence electrons. The summed E-state index contributed by atoms with van der Waals surface area (Å²) in [5.41, 5.74) is -0.352. The molecule has 1 N–H and O–H groups in total. The van der Waals surface area contributed by atoms with Crippen molar-refractivity contribution >= 4 is 18.3 Å². The summed E-state index contributed by atoms with van der Waals surface area (Å²) in [6, 6.07) is 6.16. The van der Waals surface area contributed by atoms with Crippen molar-refractivity contribution in [3.63, 3.8) is 0 Å². The van der Waals surface area contributed by atoms with Crippen molar-refractivity contribution < 1.29 is 29.1 Å². The van der Waals surface area contributed by atoms with E-state index >= 15 is 0 Å². The molecule has 0 bridgehead atoms. The number of hydrogen-bond donors (Lipinski definition) is 1. The van der Waals surface area contributed by atoms with Crippen molar-refractivity contribution in [3.8, 4) is 23.0 Å². The Morgan fingerprint density at radius 3 is 2.39 bits per heavy atom. The molecule has 0 saturated carbocycles. The molecule has 0 fully saturated rings. The lowest BCUT2D eigenvalue weighted by Gasteiger charge is -2.11. The number of nitrogens with zero attached hydrogens (tertiary/aromatic N) is 1. The monoisotopic (exact) mass is 317 g/mol. The number of nitro groups is 1. The van der Waals surface area contributed by atoms with Crippen LogP contribution in [0.2, 0.25) is 0 Å². The Morgan fingerprint density at radius 1 is 1.13 bits per heavy atom. The van der Waals surface area contributed by atoms with Gasteiger partial charge in [0, 0.05) is 5.56 Å². The molecular formula is C15H11NO7. The van der Waals surface area contributed by atoms with Gasteiger partial charge in [-0.2, -0.15) is 0 Å². The summed E-state index contributed by atoms with van der Waals surface area (Å²) < 4.78 is 10.3. The number of rotatable bonds is 6. The summed E-state index contributed by atoms with van der Waals surface area (Å²) >= 11 is 0. The van der Waals surface area contributed by atoms with E-state index in [1.54, 1.807) is 0 Å². The van der Waals surface area contributed by atoms with Crippen LogP contribution in [-0.4, -0.2) is 29.7 Å². The fourth-order valence-corrected chi connectivity index (χ4v) is 1.88. The van der Waals surface area contributed by atoms with Gasteiger partial charge in [-0.05, 0) is 24.3 Å². The van der Waals surface area contributed by atoms with Gasteiger partial charge in [0.05, 0.1) is 23.7 Å². The van der Waals surface area contributed by atoms with E-state index in [1.165, 1.54) is 31.4 Å². The Labute approximate surface area is 130 Å². The third kappa shape index (κ3) is 3.26. The van der Waals surface area contributed by atoms with Crippen LogP contribution in [0.4, 0.5) is 5.69 Å². The summed E-state index contributed by atoms with van der Waals surface area (Å²) in [6.07, 6.45) is 0.891. The fourth-order valence-electron chi connectivity index (χ4n) is 1.88. The van der Waals surface area contributed by atoms with Crippen molar-refractivity contribution in [3.05, 3.63) is 51.6 Å². The van der Waals surface area contributed by atoms with Gasteiger partial charge in [-0.15, -0.1) is 0 Å². The average molecular weight is 317 g/mol. The summed E-state index contributed by atoms with van der Waals surface area (Å²) in [6.45, 7) is 0. The molecule has 0 aliphatic rings. The van der Waals surface area contributed by atoms with Crippen LogP contribution in [0.25, 0.3) is 0 Å². The van der Waals surface area contributed by atoms with E-state index in [9.17, 15) is 24.8 Å². The lowest BCUT2D eigenvalue weighted by molar-refractivity contribution is -0.385. The fraction of sp³-hybridized carbons (Fsp3) is 0.0667. The number of aromatic hydroxyl groups is 1. The maximum atomic E-state index is 10.9. The van der Waals surface area contributed by atoms with Crippen LogP contribution in [0.15, 0.2) is 30.3 Å². The molecule has 0 spiro atoms. The highest BCUT2D eigenvalue weighted by molar-refractivity contribution is 5.82. The molecule has 23 heavy (non-hydrogen) atoms. The molecule has 0 radical (unpaired) electrons. The molecule has 0 aliphatic carbocycles. The van der Waals surface area contributed by atoms with Gasteiger partial charge in [-0.1, -0.05) is 0 Å². The third-order valence-electron chi connectivity index (χ3n) is 2.97. The predicted octanol–water partition coefficient (Wildman–Crippen LogP) is 2.73. The highest BCUT2D eigenvalue weighted by Crippen LogP contribution is 2.40. The molecule has 0 aromatic heterocycles. The zero-order chi connectivity index (χ0) is 17.0. The lowest BCUT2D eigenvalue weighted by atomic mass is 10.2. The van der Waals surface area contributed by atoms with Crippen molar-refractivity contribution in [2.75, 3.05) is 7.11 Å². The van der Waals surface area contributed by atoms with Gasteiger partial charge in [-0.25, -0.2) is 0 Å². The molecule has 0 saturated heterocycles. The quantitative estimate of drug-likeness (QED) is 0.494. The summed E-state index contributed by atoms with van der Waals surface area (Å²) in [5.74, 6) is -0.439. The Hall–Kier alpha value is -3.42. The Kier molecular flexibility index (Phi) is 4.55. The minimum atomic E-state index is -0.723. The number of carbonyl (C=O) groups is 2. The highest BCUT2D eigenvalue weighted by Gasteiger charge is 2.17. The number of phenols is 1. The van der Waals surface area contributed by atoms with Gasteiger partial charge in [-0.3, -0.25) is 19.7 Å². The van der Waals surface area contributed by atoms with Gasteiger partial charge < -0.3 is 14.6 Å². The van der Waals surface area contributed by atoms with Crippen molar-refractivity contribution in [1.29, 1.82) is 0 Å². The summed E-state index contributed by atoms with van der Waals surface area (Å²) in [5, 5.41) is 20.9. The van der Waals surface area contributed by atoms with Crippen LogP contribution < -0.4 is 9.47 Å². The maximum Gasteiger partial charge on any atom is 0.283 e. The Morgan fingerprint density at radius 2 is 1.83 bits per heavy atom. The highest BCUT2D eigenvalue weighted by atomic mass is 16.6. The van der Waals surface area contributed by atoms with E-state index in [0.717, 1.165) is 6.07 Å². The summed E-state index contributed by atoms with van der Waals surface area (Å²) in [4.78, 5) is 31.9. The first kappa shape index (κ1) is 16.0. The molecule has 2 rings (SSSR count). The normalized spacial score (nSPS) is 9.96. The minimum absolute atomic E-state index is 0.0164. The lowest BCUT2D eigenvalue weighted by Crippen LogP contribution is -1.96. The topological polar surface area (TPSA) is 116 Å². The molecule has 2 aromatic rings. The van der Waals surface area contributed by atoms with Gasteiger partial charge >= 0.3 is 0 Å². The number of hydrogen-bond acceptors (Lipinski definition) is 7. The minimum Gasteiger partial charge on any atom is -0.502 e. The van der Waals surface area contributed by atoms with Gasteiger partial charge in [0.1, 0.15) is 12.0 Å². The van der Waals surface area contributed by atoms with Crippen LogP contribution in [0.1, 0.15) is 20.7 Å². The smallest absolute Gasteiger partial charge is 0.283 e. The van der Waals surface area contributed by atoms with Crippen molar-refractivity contribution in [2.24, 2.45) is 0 Å². The van der Waals surface area contributed by atoms with E-state index in [2.05, 4.69) is 0 Å². The molecule has 0 atom stereocenters. The van der Waals surface area contributed by atoms with Crippen LogP contribution >= 0.6 is 0 Å². The Bertz CT molecular complexity index is 786. The largest absolute Gasteiger partial charge is 0.502 e. The molecular weight excluding hydrogens is 306 g/mol. The molecule has 0 heterocycles. The SMILES string of the molecule is COc1cc(C=O)cc(Oc2ccc(C=O)c([N+](=O)[O-])c2)c1O. The second-order valence-corrected chi connectivity index (χ2v) is 4.39. The van der Waals surface area contributed by atoms with E-state index in [-0.39, 0.29) is 34.1 Å². The number of carbonyl (C=O) groups excluding carboxylic acids is 2. The predicted molar refractivity (Wildman–Crippen MR) is 78.6 cm³/mol. The average Bonchev–Trinajstić information content (AvgIpc) is 2.56. The number of ether oxygens (including phenoxy) is 2. The first-order valence-corrected chi connectivity index (χ1v) is 6.27. The van der Waals surface area contributed by atoms with E-state index in [0.29, 0.717) is 12.6 Å². The Balaban J connectivity index is 2.47. The zero-order valence-corrected chi connectivity index (χ0v) is 11.9. The second kappa shape index (κ2) is 6.56. The molecule has 0 aliphatic heterocycles. The molecule has 8 heteroatoms. The number of aldehydes is 2. The van der Waals surface area contributed by atoms with E-state index in [1.807, 2.05) is 0 Å². The standard InChI is InChI=1S/C15H11NO7/c1-22-13-4-9(7-17)5-14(15(13)19)23-11-3-2-10(8-18)12(6-11)16(20)21/h2-8,19H,1H3. The molecule has 2 aromatic carbocycles. The molecule has 0 unspecified atom stereocenters. The van der Waals surface area contributed by atoms with Crippen LogP contribution in [-0.2, 0) is 0 Å². The third-order valence-corrected chi connectivity index (χ3v) is 2.97. The van der Waals surface area contributed by atoms with Crippen molar-refractivity contribution in [1.82, 2.24) is 0 Å². The first-order chi connectivity index (χ1) is 11.0. The first-order valence-electron chi connectivity index (χ1n) is 6.27. The maximum absolute atomic E-state index is 10.9. The van der Waals surface area contributed by atoms with Gasteiger partial charge in [0.15, 0.2) is 17.8 Å². The van der Waals surface area contributed by atoms with Crippen LogP contribution in [0.5, 0.6) is 23.0 Å². The second-order valence-electron chi connectivity index (χ2n) is 4.39. The van der Waals surface area contributed by atoms with Gasteiger partial charge in [0.25, 0.3) is 5.69 Å². The van der Waals surface area contributed by atoms with Crippen LogP contribution in [0, 0.1) is 10.1 Å². The zero-order valence-electron chi connectivity index (χ0n) is 11.9. The number of benzene rings is 2. The molecule has 0 amide bonds. The number of nitro benzene ring substituents is 1. The van der Waals surface area contributed by atoms with E-state index < -0.39 is 10.6 Å². The number of methoxy groups -OCH3 is 1. The van der Waals surface area contributed by atoms with Gasteiger partial charge in [0.2, 0.25) is 5.75 Å². The van der Waals surface area contributed by atoms with Crippen molar-refractivity contribution in [2.45, 2.75) is 0 Å².